The lowest BCUT2D eigenvalue weighted by Gasteiger charge is -2.24. The summed E-state index contributed by atoms with van der Waals surface area (Å²) in [5, 5.41) is 81.4. The number of aliphatic hydroxyl groups excluding tert-OH is 1. The van der Waals surface area contributed by atoms with Crippen LogP contribution in [-0.2, 0) is 24.0 Å². The molecule has 0 spiro atoms. The zero-order valence-electron chi connectivity index (χ0n) is 25.1. The van der Waals surface area contributed by atoms with Crippen molar-refractivity contribution < 1.29 is 69.9 Å². The smallest absolute Gasteiger partial charge is 0.323 e. The van der Waals surface area contributed by atoms with Crippen molar-refractivity contribution >= 4 is 29.8 Å². The molecule has 1 aromatic rings. The summed E-state index contributed by atoms with van der Waals surface area (Å²) in [4.78, 5) is 50.9. The zero-order valence-corrected chi connectivity index (χ0v) is 25.1. The maximum absolute atomic E-state index is 10.8. The van der Waals surface area contributed by atoms with Gasteiger partial charge in [0.1, 0.15) is 30.3 Å². The number of carboxylic acids is 5. The number of aliphatic hydroxyl groups is 2. The molecule has 18 nitrogen and oxygen atoms in total. The van der Waals surface area contributed by atoms with Crippen LogP contribution in [-0.4, -0.2) is 113 Å². The number of aliphatic carboxylic acids is 5. The monoisotopic (exact) mass is 638 g/mol. The Hall–Kier alpha value is -4.07. The highest BCUT2D eigenvalue weighted by Crippen LogP contribution is 2.28. The minimum Gasteiger partial charge on any atom is -0.504 e. The van der Waals surface area contributed by atoms with Crippen LogP contribution in [0, 0.1) is 5.92 Å². The number of nitrogens with two attached hydrogens (primary N) is 3. The van der Waals surface area contributed by atoms with E-state index in [2.05, 4.69) is 5.32 Å². The second-order valence-corrected chi connectivity index (χ2v) is 9.81. The Kier molecular flexibility index (Phi) is 21.8. The highest BCUT2D eigenvalue weighted by Gasteiger charge is 2.32. The Morgan fingerprint density at radius 2 is 1.36 bits per heavy atom. The fourth-order valence-corrected chi connectivity index (χ4v) is 2.51. The van der Waals surface area contributed by atoms with E-state index < -0.39 is 71.5 Å². The first-order chi connectivity index (χ1) is 20.0. The van der Waals surface area contributed by atoms with E-state index in [1.165, 1.54) is 26.1 Å². The Labute approximate surface area is 253 Å². The average molecular weight is 639 g/mol. The third-order valence-corrected chi connectivity index (χ3v) is 5.88. The van der Waals surface area contributed by atoms with Crippen molar-refractivity contribution in [3.63, 3.8) is 0 Å². The Morgan fingerprint density at radius 1 is 0.864 bits per heavy atom. The number of benzene rings is 1. The van der Waals surface area contributed by atoms with Crippen LogP contribution in [0.1, 0.15) is 58.6 Å². The predicted molar refractivity (Wildman–Crippen MR) is 155 cm³/mol. The third kappa shape index (κ3) is 18.5. The molecule has 0 radical (unpaired) electrons. The lowest BCUT2D eigenvalue weighted by Crippen LogP contribution is -2.50. The maximum Gasteiger partial charge on any atom is 0.323 e. The number of rotatable bonds is 13. The van der Waals surface area contributed by atoms with E-state index in [1.54, 1.807) is 20.8 Å². The topological polar surface area (TPSA) is 358 Å². The highest BCUT2D eigenvalue weighted by molar-refractivity contribution is 5.75. The van der Waals surface area contributed by atoms with Crippen molar-refractivity contribution in [1.29, 1.82) is 0 Å². The number of hydrogen-bond acceptors (Lipinski definition) is 13. The molecule has 16 N–H and O–H groups in total. The number of phenolic OH excluding ortho intramolecular Hbond substituents is 2. The second-order valence-electron chi connectivity index (χ2n) is 9.81. The molecule has 44 heavy (non-hydrogen) atoms. The van der Waals surface area contributed by atoms with Crippen LogP contribution >= 0.6 is 0 Å². The summed E-state index contributed by atoms with van der Waals surface area (Å²) in [5.41, 5.74) is 14.2. The molecular weight excluding hydrogens is 592 g/mol. The van der Waals surface area contributed by atoms with Gasteiger partial charge in [0.2, 0.25) is 0 Å². The molecule has 0 fully saturated rings. The van der Waals surface area contributed by atoms with Crippen molar-refractivity contribution in [2.75, 3.05) is 7.05 Å². The van der Waals surface area contributed by atoms with E-state index in [4.69, 9.17) is 47.8 Å². The first-order valence-electron chi connectivity index (χ1n) is 13.0. The summed E-state index contributed by atoms with van der Waals surface area (Å²) < 4.78 is 0. The number of hydrogen-bond donors (Lipinski definition) is 13. The van der Waals surface area contributed by atoms with Gasteiger partial charge < -0.3 is 68.5 Å². The number of carbonyl (C=O) groups is 5. The SMILES string of the molecule is CC(C)C(N)C(=O)O.CCC(C)(O)C(N)C(=O)O.CNC(C(=O)O)C(O)c1ccc(O)c(O)c1.NC(CCC(=O)O)C(=O)O. The van der Waals surface area contributed by atoms with E-state index in [0.29, 0.717) is 6.42 Å². The molecule has 0 aliphatic carbocycles. The van der Waals surface area contributed by atoms with Crippen LogP contribution in [0.3, 0.4) is 0 Å². The van der Waals surface area contributed by atoms with Crippen LogP contribution in [0.4, 0.5) is 0 Å². The van der Waals surface area contributed by atoms with E-state index >= 15 is 0 Å². The van der Waals surface area contributed by atoms with E-state index in [0.717, 1.165) is 6.07 Å². The van der Waals surface area contributed by atoms with Gasteiger partial charge in [0.25, 0.3) is 0 Å². The quantitative estimate of drug-likeness (QED) is 0.111. The van der Waals surface area contributed by atoms with E-state index in [9.17, 15) is 39.3 Å². The molecule has 0 aliphatic rings. The van der Waals surface area contributed by atoms with Crippen LogP contribution in [0.5, 0.6) is 11.5 Å². The highest BCUT2D eigenvalue weighted by atomic mass is 16.4. The van der Waals surface area contributed by atoms with Crippen molar-refractivity contribution in [2.45, 2.75) is 82.8 Å². The van der Waals surface area contributed by atoms with E-state index in [-0.39, 0.29) is 30.1 Å². The average Bonchev–Trinajstić information content (AvgIpc) is 2.93. The van der Waals surface area contributed by atoms with Gasteiger partial charge in [-0.05, 0) is 50.4 Å². The van der Waals surface area contributed by atoms with Gasteiger partial charge in [0, 0.05) is 6.42 Å². The minimum absolute atomic E-state index is 0.0208. The van der Waals surface area contributed by atoms with E-state index in [1.807, 2.05) is 0 Å². The Bertz CT molecular complexity index is 1070. The van der Waals surface area contributed by atoms with Gasteiger partial charge in [-0.1, -0.05) is 26.8 Å². The van der Waals surface area contributed by atoms with Crippen molar-refractivity contribution in [3.8, 4) is 11.5 Å². The predicted octanol–water partition coefficient (Wildman–Crippen LogP) is -1.32. The molecule has 0 heterocycles. The van der Waals surface area contributed by atoms with Crippen molar-refractivity contribution in [2.24, 2.45) is 23.1 Å². The first kappa shape index (κ1) is 44.4. The summed E-state index contributed by atoms with van der Waals surface area (Å²) in [6.45, 7) is 6.64. The summed E-state index contributed by atoms with van der Waals surface area (Å²) in [7, 11) is 1.41. The van der Waals surface area contributed by atoms with Crippen molar-refractivity contribution in [1.82, 2.24) is 5.32 Å². The normalized spacial score (nSPS) is 15.1. The molecule has 18 heteroatoms. The Balaban J connectivity index is -0.000000531. The molecule has 0 aliphatic heterocycles. The van der Waals surface area contributed by atoms with Crippen molar-refractivity contribution in [3.05, 3.63) is 23.8 Å². The van der Waals surface area contributed by atoms with Crippen LogP contribution in [0.25, 0.3) is 0 Å². The summed E-state index contributed by atoms with van der Waals surface area (Å²) in [5.74, 6) is -6.22. The van der Waals surface area contributed by atoms with Gasteiger partial charge in [-0.15, -0.1) is 0 Å². The van der Waals surface area contributed by atoms with Crippen LogP contribution < -0.4 is 22.5 Å². The molecular formula is C26H46N4O14. The van der Waals surface area contributed by atoms with Gasteiger partial charge in [0.05, 0.1) is 5.60 Å². The molecule has 6 unspecified atom stereocenters. The second kappa shape index (κ2) is 21.6. The first-order valence-corrected chi connectivity index (χ1v) is 13.0. The molecule has 254 valence electrons. The lowest BCUT2D eigenvalue weighted by molar-refractivity contribution is -0.145. The van der Waals surface area contributed by atoms with Gasteiger partial charge >= 0.3 is 29.8 Å². The number of aromatic hydroxyl groups is 2. The number of nitrogens with one attached hydrogen (secondary N) is 1. The maximum atomic E-state index is 10.8. The number of likely N-dealkylation sites (N-methyl/N-ethyl adjacent to an activating group) is 1. The largest absolute Gasteiger partial charge is 0.504 e. The fraction of sp³-hybridized carbons (Fsp3) is 0.577. The minimum atomic E-state index is -1.31. The fourth-order valence-electron chi connectivity index (χ4n) is 2.51. The molecule has 0 bridgehead atoms. The molecule has 0 aromatic heterocycles. The van der Waals surface area contributed by atoms with Crippen LogP contribution in [0.15, 0.2) is 18.2 Å². The molecule has 0 saturated carbocycles. The van der Waals surface area contributed by atoms with Crippen LogP contribution in [0.2, 0.25) is 0 Å². The summed E-state index contributed by atoms with van der Waals surface area (Å²) in [6, 6.07) is -0.504. The van der Waals surface area contributed by atoms with Gasteiger partial charge in [0.15, 0.2) is 11.5 Å². The van der Waals surface area contributed by atoms with Gasteiger partial charge in [-0.25, -0.2) is 0 Å². The van der Waals surface area contributed by atoms with Gasteiger partial charge in [-0.2, -0.15) is 0 Å². The number of phenols is 2. The molecule has 1 rings (SSSR count). The Morgan fingerprint density at radius 3 is 1.61 bits per heavy atom. The standard InChI is InChI=1S/C10H13NO5.C6H13NO3.C5H9NO4.C5H11NO2/c1-11-8(10(15)16)9(14)5-2-3-6(12)7(13)4-5;1-3-6(2,10)4(7)5(8)9;6-3(5(9)10)1-2-4(7)8;1-3(2)4(6)5(7)8/h2-4,8-9,11-14H,1H3,(H,15,16);4,10H,3,7H2,1-2H3,(H,8,9);3H,1-2,6H2,(H,7,8)(H,9,10);3-4H,6H2,1-2H3,(H,7,8). The molecule has 6 atom stereocenters. The summed E-state index contributed by atoms with van der Waals surface area (Å²) >= 11 is 0. The lowest BCUT2D eigenvalue weighted by atomic mass is 9.95. The molecule has 0 amide bonds. The summed E-state index contributed by atoms with van der Waals surface area (Å²) in [6.07, 6.45) is -1.20. The number of carboxylic acid groups (broad SMARTS) is 5. The molecule has 1 aromatic carbocycles. The molecule has 0 saturated heterocycles. The van der Waals surface area contributed by atoms with Gasteiger partial charge in [-0.3, -0.25) is 24.0 Å². The third-order valence-electron chi connectivity index (χ3n) is 5.88. The zero-order chi connectivity index (χ0) is 35.5.